The minimum absolute atomic E-state index is 0.275. The van der Waals surface area contributed by atoms with Gasteiger partial charge in [-0.1, -0.05) is 42.5 Å². The van der Waals surface area contributed by atoms with Crippen molar-refractivity contribution in [3.05, 3.63) is 65.9 Å². The van der Waals surface area contributed by atoms with E-state index in [4.69, 9.17) is 4.98 Å². The molecule has 3 heteroatoms. The van der Waals surface area contributed by atoms with Gasteiger partial charge in [0.25, 0.3) is 0 Å². The van der Waals surface area contributed by atoms with Crippen molar-refractivity contribution in [1.29, 1.82) is 0 Å². The van der Waals surface area contributed by atoms with Gasteiger partial charge < -0.3 is 0 Å². The predicted octanol–water partition coefficient (Wildman–Crippen LogP) is 4.51. The van der Waals surface area contributed by atoms with Crippen molar-refractivity contribution in [3.8, 4) is 11.3 Å². The Labute approximate surface area is 157 Å². The highest BCUT2D eigenvalue weighted by Gasteiger charge is 2.65. The Morgan fingerprint density at radius 1 is 0.815 bits per heavy atom. The fourth-order valence-electron chi connectivity index (χ4n) is 6.13. The van der Waals surface area contributed by atoms with E-state index in [0.717, 1.165) is 17.7 Å². The molecule has 3 aromatic rings. The summed E-state index contributed by atoms with van der Waals surface area (Å²) in [6, 6.07) is 16.8. The van der Waals surface area contributed by atoms with Gasteiger partial charge in [0.15, 0.2) is 0 Å². The number of pyridine rings is 1. The number of benzene rings is 2. The Bertz CT molecular complexity index is 1150. The topological polar surface area (TPSA) is 47.0 Å². The summed E-state index contributed by atoms with van der Waals surface area (Å²) in [5.74, 6) is 0.618. The number of hydrogen-bond donors (Lipinski definition) is 0. The Kier molecular flexibility index (Phi) is 2.78. The molecule has 0 amide bonds. The second-order valence-corrected chi connectivity index (χ2v) is 8.38. The molecule has 2 aromatic carbocycles. The Hall–Kier alpha value is -2.81. The third-order valence-corrected chi connectivity index (χ3v) is 7.23. The molecular weight excluding hydrogens is 334 g/mol. The molecule has 1 aromatic heterocycles. The maximum atomic E-state index is 12.5. The van der Waals surface area contributed by atoms with Gasteiger partial charge in [-0.05, 0) is 34.4 Å². The van der Waals surface area contributed by atoms with Gasteiger partial charge >= 0.3 is 0 Å². The van der Waals surface area contributed by atoms with Crippen LogP contribution in [0.4, 0.5) is 0 Å². The zero-order valence-electron chi connectivity index (χ0n) is 15.0. The second-order valence-electron chi connectivity index (χ2n) is 8.38. The van der Waals surface area contributed by atoms with Crippen LogP contribution in [0.1, 0.15) is 43.2 Å². The molecule has 1 heterocycles. The fraction of sp³-hybridized carbons (Fsp3) is 0.292. The second kappa shape index (κ2) is 4.92. The van der Waals surface area contributed by atoms with Crippen LogP contribution in [-0.4, -0.2) is 16.6 Å². The average Bonchev–Trinajstić information content (AvgIpc) is 3.06. The lowest BCUT2D eigenvalue weighted by Crippen LogP contribution is -2.58. The number of carbonyl (C=O) groups excluding carboxylic acids is 2. The van der Waals surface area contributed by atoms with Gasteiger partial charge in [0.1, 0.15) is 11.6 Å². The summed E-state index contributed by atoms with van der Waals surface area (Å²) in [6.07, 6.45) is 4.86. The van der Waals surface area contributed by atoms with E-state index in [2.05, 4.69) is 42.5 Å². The highest BCUT2D eigenvalue weighted by molar-refractivity contribution is 6.01. The lowest BCUT2D eigenvalue weighted by molar-refractivity contribution is -0.132. The molecule has 1 atom stereocenters. The molecule has 132 valence electrons. The number of carbonyl (C=O) groups is 2. The van der Waals surface area contributed by atoms with Gasteiger partial charge in [-0.2, -0.15) is 0 Å². The maximum absolute atomic E-state index is 12.5. The Balaban J connectivity index is 1.79. The molecule has 0 radical (unpaired) electrons. The molecule has 27 heavy (non-hydrogen) atoms. The van der Waals surface area contributed by atoms with Crippen LogP contribution in [0.2, 0.25) is 0 Å². The molecule has 0 aliphatic heterocycles. The summed E-state index contributed by atoms with van der Waals surface area (Å²) in [5, 5.41) is 2.39. The molecule has 6 rings (SSSR count). The lowest BCUT2D eigenvalue weighted by Gasteiger charge is -2.57. The minimum atomic E-state index is -0.293. The van der Waals surface area contributed by atoms with Crippen LogP contribution in [0.3, 0.4) is 0 Å². The van der Waals surface area contributed by atoms with E-state index >= 15 is 0 Å². The third kappa shape index (κ3) is 1.70. The normalized spacial score (nSPS) is 24.9. The van der Waals surface area contributed by atoms with E-state index in [1.807, 2.05) is 12.3 Å². The largest absolute Gasteiger partial charge is 0.300 e. The van der Waals surface area contributed by atoms with Gasteiger partial charge in [-0.3, -0.25) is 14.6 Å². The summed E-state index contributed by atoms with van der Waals surface area (Å²) < 4.78 is 0. The molecule has 0 N–H and O–H groups in total. The molecule has 2 fully saturated rings. The molecular formula is C24H19NO2. The third-order valence-electron chi connectivity index (χ3n) is 7.23. The summed E-state index contributed by atoms with van der Waals surface area (Å²) >= 11 is 0. The van der Waals surface area contributed by atoms with E-state index in [1.54, 1.807) is 0 Å². The SMILES string of the molecule is O=C1CCC2(C1)c1cccnc1-c1ccc3ccccc3c1C21CC(=O)C1. The van der Waals surface area contributed by atoms with E-state index in [-0.39, 0.29) is 10.8 Å². The fourth-order valence-corrected chi connectivity index (χ4v) is 6.13. The number of aromatic nitrogens is 1. The molecule has 2 saturated carbocycles. The first-order valence-electron chi connectivity index (χ1n) is 9.66. The number of fused-ring (bicyclic) bond motifs is 8. The summed E-state index contributed by atoms with van der Waals surface area (Å²) in [7, 11) is 0. The zero-order chi connectivity index (χ0) is 18.2. The van der Waals surface area contributed by atoms with Gasteiger partial charge in [-0.15, -0.1) is 0 Å². The first kappa shape index (κ1) is 15.3. The van der Waals surface area contributed by atoms with Crippen molar-refractivity contribution >= 4 is 22.3 Å². The van der Waals surface area contributed by atoms with Crippen molar-refractivity contribution in [2.45, 2.75) is 42.9 Å². The molecule has 0 bridgehead atoms. The Morgan fingerprint density at radius 2 is 1.63 bits per heavy atom. The highest BCUT2D eigenvalue weighted by atomic mass is 16.1. The molecule has 1 unspecified atom stereocenters. The maximum Gasteiger partial charge on any atom is 0.134 e. The van der Waals surface area contributed by atoms with E-state index in [1.165, 1.54) is 21.9 Å². The van der Waals surface area contributed by atoms with E-state index in [9.17, 15) is 9.59 Å². The standard InChI is InChI=1S/C24H19NO2/c26-16-9-10-23(12-16)20-6-3-11-25-22(20)19-8-7-15-4-1-2-5-18(15)21(19)24(23)13-17(27)14-24/h1-8,11H,9-10,12-14H2. The lowest BCUT2D eigenvalue weighted by atomic mass is 9.44. The van der Waals surface area contributed by atoms with Crippen LogP contribution in [0.15, 0.2) is 54.7 Å². The van der Waals surface area contributed by atoms with Gasteiger partial charge in [-0.25, -0.2) is 0 Å². The highest BCUT2D eigenvalue weighted by Crippen LogP contribution is 2.66. The number of Topliss-reactive ketones (excluding diaryl/α,β-unsaturated/α-hetero) is 2. The summed E-state index contributed by atoms with van der Waals surface area (Å²) in [6.45, 7) is 0. The predicted molar refractivity (Wildman–Crippen MR) is 104 cm³/mol. The number of rotatable bonds is 0. The van der Waals surface area contributed by atoms with E-state index < -0.39 is 0 Å². The first-order chi connectivity index (χ1) is 13.1. The van der Waals surface area contributed by atoms with Crippen LogP contribution >= 0.6 is 0 Å². The zero-order valence-corrected chi connectivity index (χ0v) is 15.0. The van der Waals surface area contributed by atoms with E-state index in [0.29, 0.717) is 37.2 Å². The first-order valence-corrected chi connectivity index (χ1v) is 9.66. The van der Waals surface area contributed by atoms with Crippen LogP contribution in [0.25, 0.3) is 22.0 Å². The molecule has 2 spiro atoms. The van der Waals surface area contributed by atoms with Crippen LogP contribution in [0, 0.1) is 0 Å². The average molecular weight is 353 g/mol. The summed E-state index contributed by atoms with van der Waals surface area (Å²) in [4.78, 5) is 29.6. The Morgan fingerprint density at radius 3 is 2.41 bits per heavy atom. The van der Waals surface area contributed by atoms with Crippen molar-refractivity contribution in [2.24, 2.45) is 0 Å². The van der Waals surface area contributed by atoms with Gasteiger partial charge in [0, 0.05) is 48.3 Å². The number of ketones is 2. The number of hydrogen-bond acceptors (Lipinski definition) is 3. The van der Waals surface area contributed by atoms with Gasteiger partial charge in [0.2, 0.25) is 0 Å². The van der Waals surface area contributed by atoms with Crippen LogP contribution in [0.5, 0.6) is 0 Å². The van der Waals surface area contributed by atoms with Crippen LogP contribution < -0.4 is 0 Å². The molecule has 3 aliphatic carbocycles. The van der Waals surface area contributed by atoms with Crippen molar-refractivity contribution < 1.29 is 9.59 Å². The van der Waals surface area contributed by atoms with Crippen molar-refractivity contribution in [3.63, 3.8) is 0 Å². The summed E-state index contributed by atoms with van der Waals surface area (Å²) in [5.41, 5.74) is 3.99. The van der Waals surface area contributed by atoms with Gasteiger partial charge in [0.05, 0.1) is 5.69 Å². The quantitative estimate of drug-likeness (QED) is 0.597. The smallest absolute Gasteiger partial charge is 0.134 e. The minimum Gasteiger partial charge on any atom is -0.300 e. The van der Waals surface area contributed by atoms with Crippen molar-refractivity contribution in [1.82, 2.24) is 4.98 Å². The molecule has 3 aliphatic rings. The van der Waals surface area contributed by atoms with Crippen LogP contribution in [-0.2, 0) is 20.4 Å². The monoisotopic (exact) mass is 353 g/mol. The number of nitrogens with zero attached hydrogens (tertiary/aromatic N) is 1. The van der Waals surface area contributed by atoms with Crippen molar-refractivity contribution in [2.75, 3.05) is 0 Å². The molecule has 3 nitrogen and oxygen atoms in total. The molecule has 0 saturated heterocycles.